The van der Waals surface area contributed by atoms with E-state index in [2.05, 4.69) is 21.2 Å². The van der Waals surface area contributed by atoms with E-state index in [0.717, 1.165) is 29.3 Å². The van der Waals surface area contributed by atoms with Crippen LogP contribution in [0.25, 0.3) is 0 Å². The smallest absolute Gasteiger partial charge is 0.303 e. The molecule has 4 nitrogen and oxygen atoms in total. The van der Waals surface area contributed by atoms with Crippen LogP contribution in [0.5, 0.6) is 0 Å². The van der Waals surface area contributed by atoms with Gasteiger partial charge in [-0.3, -0.25) is 9.59 Å². The second kappa shape index (κ2) is 5.95. The number of nitrogens with one attached hydrogen (secondary N) is 1. The zero-order chi connectivity index (χ0) is 14.8. The van der Waals surface area contributed by atoms with E-state index in [1.54, 1.807) is 6.07 Å². The Bertz CT molecular complexity index is 538. The second-order valence-corrected chi connectivity index (χ2v) is 6.48. The largest absolute Gasteiger partial charge is 0.481 e. The molecule has 1 aliphatic rings. The highest BCUT2D eigenvalue weighted by atomic mass is 79.9. The number of carbonyl (C=O) groups is 2. The van der Waals surface area contributed by atoms with Crippen LogP contribution in [0.4, 0.5) is 0 Å². The third-order valence-electron chi connectivity index (χ3n) is 4.01. The Balaban J connectivity index is 2.01. The van der Waals surface area contributed by atoms with Gasteiger partial charge in [0.25, 0.3) is 5.91 Å². The van der Waals surface area contributed by atoms with Crippen molar-refractivity contribution in [1.82, 2.24) is 5.32 Å². The molecule has 0 aliphatic heterocycles. The summed E-state index contributed by atoms with van der Waals surface area (Å²) in [5.74, 6) is -0.932. The molecule has 2 rings (SSSR count). The van der Waals surface area contributed by atoms with Gasteiger partial charge in [0.2, 0.25) is 0 Å². The predicted molar refractivity (Wildman–Crippen MR) is 79.7 cm³/mol. The Morgan fingerprint density at radius 1 is 1.40 bits per heavy atom. The summed E-state index contributed by atoms with van der Waals surface area (Å²) in [7, 11) is 0. The molecule has 1 amide bonds. The molecule has 0 unspecified atom stereocenters. The maximum Gasteiger partial charge on any atom is 0.303 e. The van der Waals surface area contributed by atoms with Gasteiger partial charge in [-0.25, -0.2) is 0 Å². The fourth-order valence-corrected chi connectivity index (χ4v) is 2.98. The molecular weight excluding hydrogens is 322 g/mol. The zero-order valence-corrected chi connectivity index (χ0v) is 13.0. The average molecular weight is 340 g/mol. The van der Waals surface area contributed by atoms with Gasteiger partial charge in [0.1, 0.15) is 0 Å². The lowest BCUT2D eigenvalue weighted by Gasteiger charge is -2.40. The first-order valence-corrected chi connectivity index (χ1v) is 7.47. The van der Waals surface area contributed by atoms with Gasteiger partial charge in [-0.15, -0.1) is 0 Å². The average Bonchev–Trinajstić information content (AvgIpc) is 2.34. The molecule has 2 N–H and O–H groups in total. The van der Waals surface area contributed by atoms with Crippen LogP contribution in [-0.4, -0.2) is 23.5 Å². The first-order chi connectivity index (χ1) is 9.42. The first-order valence-electron chi connectivity index (χ1n) is 6.68. The fraction of sp³-hybridized carbons (Fsp3) is 0.467. The first kappa shape index (κ1) is 15.0. The van der Waals surface area contributed by atoms with E-state index in [4.69, 9.17) is 5.11 Å². The van der Waals surface area contributed by atoms with E-state index in [1.165, 1.54) is 0 Å². The molecule has 1 aromatic carbocycles. The van der Waals surface area contributed by atoms with Crippen LogP contribution in [0.1, 0.15) is 41.6 Å². The lowest BCUT2D eigenvalue weighted by molar-refractivity contribution is -0.141. The van der Waals surface area contributed by atoms with E-state index >= 15 is 0 Å². The molecule has 0 heterocycles. The van der Waals surface area contributed by atoms with Gasteiger partial charge in [-0.2, -0.15) is 0 Å². The Morgan fingerprint density at radius 3 is 2.65 bits per heavy atom. The third-order valence-corrected chi connectivity index (χ3v) is 4.50. The minimum atomic E-state index is -0.794. The number of benzene rings is 1. The normalized spacial score (nSPS) is 16.3. The van der Waals surface area contributed by atoms with Crippen molar-refractivity contribution in [3.05, 3.63) is 33.8 Å². The van der Waals surface area contributed by atoms with Crippen LogP contribution < -0.4 is 5.32 Å². The predicted octanol–water partition coefficient (Wildman–Crippen LogP) is 3.13. The molecule has 1 aromatic rings. The van der Waals surface area contributed by atoms with Crippen LogP contribution in [-0.2, 0) is 4.79 Å². The summed E-state index contributed by atoms with van der Waals surface area (Å²) in [4.78, 5) is 23.1. The molecule has 20 heavy (non-hydrogen) atoms. The number of aliphatic carboxylic acids is 1. The van der Waals surface area contributed by atoms with Crippen LogP contribution in [0.15, 0.2) is 22.7 Å². The maximum absolute atomic E-state index is 12.2. The maximum atomic E-state index is 12.2. The fourth-order valence-electron chi connectivity index (χ4n) is 2.62. The van der Waals surface area contributed by atoms with E-state index in [1.807, 2.05) is 19.1 Å². The summed E-state index contributed by atoms with van der Waals surface area (Å²) in [5, 5.41) is 11.9. The molecule has 0 aromatic heterocycles. The molecule has 5 heteroatoms. The Kier molecular flexibility index (Phi) is 4.48. The van der Waals surface area contributed by atoms with Crippen LogP contribution in [0.2, 0.25) is 0 Å². The summed E-state index contributed by atoms with van der Waals surface area (Å²) >= 11 is 3.36. The minimum Gasteiger partial charge on any atom is -0.481 e. The van der Waals surface area contributed by atoms with Crippen LogP contribution >= 0.6 is 15.9 Å². The zero-order valence-electron chi connectivity index (χ0n) is 11.4. The molecular formula is C15H18BrNO3. The number of hydrogen-bond acceptors (Lipinski definition) is 2. The number of amides is 1. The van der Waals surface area contributed by atoms with E-state index in [9.17, 15) is 9.59 Å². The summed E-state index contributed by atoms with van der Waals surface area (Å²) < 4.78 is 0.858. The topological polar surface area (TPSA) is 66.4 Å². The van der Waals surface area contributed by atoms with Crippen molar-refractivity contribution in [1.29, 1.82) is 0 Å². The van der Waals surface area contributed by atoms with Crippen LogP contribution in [0, 0.1) is 12.3 Å². The number of carboxylic acids is 1. The Labute approximate surface area is 126 Å². The molecule has 1 fully saturated rings. The summed E-state index contributed by atoms with van der Waals surface area (Å²) in [6, 6.07) is 5.56. The van der Waals surface area contributed by atoms with Crippen molar-refractivity contribution in [3.63, 3.8) is 0 Å². The van der Waals surface area contributed by atoms with Gasteiger partial charge in [0.05, 0.1) is 6.42 Å². The molecule has 0 atom stereocenters. The van der Waals surface area contributed by atoms with Crippen molar-refractivity contribution in [3.8, 4) is 0 Å². The number of carboxylic acid groups (broad SMARTS) is 1. The van der Waals surface area contributed by atoms with E-state index in [0.29, 0.717) is 12.1 Å². The number of aryl methyl sites for hydroxylation is 1. The quantitative estimate of drug-likeness (QED) is 0.865. The van der Waals surface area contributed by atoms with E-state index in [-0.39, 0.29) is 17.7 Å². The van der Waals surface area contributed by atoms with Gasteiger partial charge in [0.15, 0.2) is 0 Å². The highest BCUT2D eigenvalue weighted by Gasteiger charge is 2.39. The van der Waals surface area contributed by atoms with Crippen LogP contribution in [0.3, 0.4) is 0 Å². The molecule has 0 bridgehead atoms. The van der Waals surface area contributed by atoms with Crippen molar-refractivity contribution in [2.45, 2.75) is 32.6 Å². The van der Waals surface area contributed by atoms with Gasteiger partial charge in [0, 0.05) is 16.6 Å². The monoisotopic (exact) mass is 339 g/mol. The minimum absolute atomic E-state index is 0.130. The number of carbonyl (C=O) groups excluding carboxylic acids is 1. The number of rotatable bonds is 5. The van der Waals surface area contributed by atoms with Crippen molar-refractivity contribution < 1.29 is 14.7 Å². The van der Waals surface area contributed by atoms with E-state index < -0.39 is 5.97 Å². The molecule has 1 saturated carbocycles. The number of halogens is 1. The van der Waals surface area contributed by atoms with Gasteiger partial charge >= 0.3 is 5.97 Å². The highest BCUT2D eigenvalue weighted by Crippen LogP contribution is 2.43. The molecule has 1 aliphatic carbocycles. The highest BCUT2D eigenvalue weighted by molar-refractivity contribution is 9.10. The molecule has 0 spiro atoms. The van der Waals surface area contributed by atoms with Gasteiger partial charge < -0.3 is 10.4 Å². The molecule has 0 saturated heterocycles. The summed E-state index contributed by atoms with van der Waals surface area (Å²) in [5.41, 5.74) is 1.29. The SMILES string of the molecule is Cc1ccc(Br)cc1C(=O)NCC1(CC(=O)O)CCC1. The summed E-state index contributed by atoms with van der Waals surface area (Å²) in [6.07, 6.45) is 2.91. The van der Waals surface area contributed by atoms with Crippen molar-refractivity contribution >= 4 is 27.8 Å². The lowest BCUT2D eigenvalue weighted by atomic mass is 9.66. The van der Waals surface area contributed by atoms with Crippen molar-refractivity contribution in [2.24, 2.45) is 5.41 Å². The van der Waals surface area contributed by atoms with Gasteiger partial charge in [-0.05, 0) is 42.9 Å². The third kappa shape index (κ3) is 3.39. The van der Waals surface area contributed by atoms with Crippen molar-refractivity contribution in [2.75, 3.05) is 6.54 Å². The number of hydrogen-bond donors (Lipinski definition) is 2. The Morgan fingerprint density at radius 2 is 2.10 bits per heavy atom. The summed E-state index contributed by atoms with van der Waals surface area (Å²) in [6.45, 7) is 2.32. The standard InChI is InChI=1S/C15H18BrNO3/c1-10-3-4-11(16)7-12(10)14(20)17-9-15(5-2-6-15)8-13(18)19/h3-4,7H,2,5-6,8-9H2,1H3,(H,17,20)(H,18,19). The lowest BCUT2D eigenvalue weighted by Crippen LogP contribution is -2.43. The second-order valence-electron chi connectivity index (χ2n) is 5.57. The Hall–Kier alpha value is -1.36. The van der Waals surface area contributed by atoms with Gasteiger partial charge in [-0.1, -0.05) is 28.4 Å². The molecule has 0 radical (unpaired) electrons. The molecule has 108 valence electrons.